The molecule has 128 valence electrons. The van der Waals surface area contributed by atoms with E-state index in [-0.39, 0.29) is 5.97 Å². The molecule has 2 N–H and O–H groups in total. The van der Waals surface area contributed by atoms with Crippen LogP contribution in [0.1, 0.15) is 42.9 Å². The van der Waals surface area contributed by atoms with Crippen LogP contribution in [0.15, 0.2) is 30.3 Å². The first kappa shape index (κ1) is 17.7. The standard InChI is InChI=1S/C18H24N4O2/c1-4-6-11-19-16-12-17(21-13(3)20-16)22-15-9-7-14(8-10-15)18(23)24-5-2/h7-10,12H,4-6,11H2,1-3H3,(H2,19,20,21,22). The van der Waals surface area contributed by atoms with Crippen molar-refractivity contribution >= 4 is 23.3 Å². The van der Waals surface area contributed by atoms with Crippen molar-refractivity contribution in [3.8, 4) is 0 Å². The molecule has 0 bridgehead atoms. The first-order valence-electron chi connectivity index (χ1n) is 8.26. The Morgan fingerprint density at radius 1 is 1.12 bits per heavy atom. The Morgan fingerprint density at radius 2 is 1.83 bits per heavy atom. The maximum atomic E-state index is 11.7. The van der Waals surface area contributed by atoms with Crippen molar-refractivity contribution in [2.45, 2.75) is 33.6 Å². The number of aromatic nitrogens is 2. The Bertz CT molecular complexity index is 671. The summed E-state index contributed by atoms with van der Waals surface area (Å²) in [5.41, 5.74) is 1.38. The van der Waals surface area contributed by atoms with Crippen LogP contribution in [0.2, 0.25) is 0 Å². The van der Waals surface area contributed by atoms with E-state index in [1.54, 1.807) is 19.1 Å². The number of ether oxygens (including phenoxy) is 1. The molecule has 0 saturated carbocycles. The molecule has 0 saturated heterocycles. The quantitative estimate of drug-likeness (QED) is 0.565. The van der Waals surface area contributed by atoms with Crippen molar-refractivity contribution in [2.75, 3.05) is 23.8 Å². The fraction of sp³-hybridized carbons (Fsp3) is 0.389. The van der Waals surface area contributed by atoms with Gasteiger partial charge in [0.25, 0.3) is 0 Å². The second-order valence-electron chi connectivity index (χ2n) is 5.39. The number of nitrogens with zero attached hydrogens (tertiary/aromatic N) is 2. The number of unbranched alkanes of at least 4 members (excludes halogenated alkanes) is 1. The first-order chi connectivity index (χ1) is 11.6. The number of carbonyl (C=O) groups excluding carboxylic acids is 1. The van der Waals surface area contributed by atoms with Gasteiger partial charge in [0.15, 0.2) is 0 Å². The van der Waals surface area contributed by atoms with E-state index in [2.05, 4.69) is 27.5 Å². The Hall–Kier alpha value is -2.63. The predicted molar refractivity (Wildman–Crippen MR) is 95.8 cm³/mol. The minimum Gasteiger partial charge on any atom is -0.462 e. The van der Waals surface area contributed by atoms with Gasteiger partial charge in [0, 0.05) is 18.3 Å². The van der Waals surface area contributed by atoms with Gasteiger partial charge < -0.3 is 15.4 Å². The van der Waals surface area contributed by atoms with Gasteiger partial charge >= 0.3 is 5.97 Å². The van der Waals surface area contributed by atoms with Gasteiger partial charge in [-0.25, -0.2) is 14.8 Å². The third-order valence-electron chi connectivity index (χ3n) is 3.34. The molecule has 0 aliphatic heterocycles. The lowest BCUT2D eigenvalue weighted by atomic mass is 10.2. The molecule has 0 amide bonds. The summed E-state index contributed by atoms with van der Waals surface area (Å²) < 4.78 is 4.98. The number of esters is 1. The minimum atomic E-state index is -0.315. The predicted octanol–water partition coefficient (Wildman–Crippen LogP) is 3.92. The molecular weight excluding hydrogens is 304 g/mol. The monoisotopic (exact) mass is 328 g/mol. The number of aryl methyl sites for hydroxylation is 1. The minimum absolute atomic E-state index is 0.315. The molecule has 0 spiro atoms. The second kappa shape index (κ2) is 8.86. The first-order valence-corrected chi connectivity index (χ1v) is 8.26. The van der Waals surface area contributed by atoms with Crippen molar-refractivity contribution in [2.24, 2.45) is 0 Å². The van der Waals surface area contributed by atoms with E-state index in [1.807, 2.05) is 25.1 Å². The van der Waals surface area contributed by atoms with E-state index in [4.69, 9.17) is 4.74 Å². The fourth-order valence-electron chi connectivity index (χ4n) is 2.17. The summed E-state index contributed by atoms with van der Waals surface area (Å²) >= 11 is 0. The van der Waals surface area contributed by atoms with Gasteiger partial charge in [-0.15, -0.1) is 0 Å². The molecule has 0 fully saturated rings. The summed E-state index contributed by atoms with van der Waals surface area (Å²) in [5.74, 6) is 1.90. The molecule has 0 aliphatic carbocycles. The zero-order valence-electron chi connectivity index (χ0n) is 14.4. The number of nitrogens with one attached hydrogen (secondary N) is 2. The van der Waals surface area contributed by atoms with E-state index in [0.29, 0.717) is 23.8 Å². The van der Waals surface area contributed by atoms with Crippen LogP contribution in [0.25, 0.3) is 0 Å². The second-order valence-corrected chi connectivity index (χ2v) is 5.39. The number of hydrogen-bond acceptors (Lipinski definition) is 6. The largest absolute Gasteiger partial charge is 0.462 e. The molecule has 1 aromatic carbocycles. The zero-order valence-corrected chi connectivity index (χ0v) is 14.4. The van der Waals surface area contributed by atoms with Crippen molar-refractivity contribution < 1.29 is 9.53 Å². The maximum Gasteiger partial charge on any atom is 0.338 e. The number of benzene rings is 1. The highest BCUT2D eigenvalue weighted by atomic mass is 16.5. The summed E-state index contributed by atoms with van der Waals surface area (Å²) in [7, 11) is 0. The molecule has 6 nitrogen and oxygen atoms in total. The topological polar surface area (TPSA) is 76.1 Å². The van der Waals surface area contributed by atoms with E-state index in [9.17, 15) is 4.79 Å². The highest BCUT2D eigenvalue weighted by Crippen LogP contribution is 2.18. The van der Waals surface area contributed by atoms with Gasteiger partial charge in [-0.1, -0.05) is 13.3 Å². The molecule has 2 rings (SSSR count). The molecule has 0 radical (unpaired) electrons. The summed E-state index contributed by atoms with van der Waals surface area (Å²) in [6.07, 6.45) is 2.23. The number of anilines is 3. The number of rotatable bonds is 8. The van der Waals surface area contributed by atoms with Crippen molar-refractivity contribution in [3.05, 3.63) is 41.7 Å². The normalized spacial score (nSPS) is 10.3. The number of hydrogen-bond donors (Lipinski definition) is 2. The van der Waals surface area contributed by atoms with Crippen LogP contribution in [0.3, 0.4) is 0 Å². The van der Waals surface area contributed by atoms with Crippen LogP contribution in [-0.2, 0) is 4.74 Å². The third-order valence-corrected chi connectivity index (χ3v) is 3.34. The Kier molecular flexibility index (Phi) is 6.54. The lowest BCUT2D eigenvalue weighted by Crippen LogP contribution is -2.06. The summed E-state index contributed by atoms with van der Waals surface area (Å²) in [5, 5.41) is 6.53. The summed E-state index contributed by atoms with van der Waals surface area (Å²) in [6, 6.07) is 8.99. The third kappa shape index (κ3) is 5.22. The SMILES string of the molecule is CCCCNc1cc(Nc2ccc(C(=O)OCC)cc2)nc(C)n1. The van der Waals surface area contributed by atoms with Gasteiger partial charge in [0.2, 0.25) is 0 Å². The van der Waals surface area contributed by atoms with Gasteiger partial charge in [-0.05, 0) is 44.5 Å². The lowest BCUT2D eigenvalue weighted by Gasteiger charge is -2.10. The summed E-state index contributed by atoms with van der Waals surface area (Å²) in [4.78, 5) is 20.4. The fourth-order valence-corrected chi connectivity index (χ4v) is 2.17. The Labute approximate surface area is 142 Å². The molecule has 6 heteroatoms. The van der Waals surface area contributed by atoms with Crippen molar-refractivity contribution in [1.29, 1.82) is 0 Å². The van der Waals surface area contributed by atoms with Gasteiger partial charge in [0.1, 0.15) is 17.5 Å². The van der Waals surface area contributed by atoms with Crippen LogP contribution in [0.5, 0.6) is 0 Å². The molecule has 0 aliphatic rings. The van der Waals surface area contributed by atoms with Crippen LogP contribution >= 0.6 is 0 Å². The zero-order chi connectivity index (χ0) is 17.4. The van der Waals surface area contributed by atoms with Crippen molar-refractivity contribution in [3.63, 3.8) is 0 Å². The molecule has 1 aromatic heterocycles. The van der Waals surface area contributed by atoms with Crippen LogP contribution in [-0.4, -0.2) is 29.1 Å². The molecule has 1 heterocycles. The van der Waals surface area contributed by atoms with E-state index < -0.39 is 0 Å². The number of carbonyl (C=O) groups is 1. The van der Waals surface area contributed by atoms with E-state index in [1.165, 1.54) is 0 Å². The van der Waals surface area contributed by atoms with Gasteiger partial charge in [0.05, 0.1) is 12.2 Å². The van der Waals surface area contributed by atoms with E-state index in [0.717, 1.165) is 30.9 Å². The van der Waals surface area contributed by atoms with E-state index >= 15 is 0 Å². The molecule has 2 aromatic rings. The highest BCUT2D eigenvalue weighted by Gasteiger charge is 2.07. The molecule has 0 atom stereocenters. The van der Waals surface area contributed by atoms with Crippen molar-refractivity contribution in [1.82, 2.24) is 9.97 Å². The smallest absolute Gasteiger partial charge is 0.338 e. The lowest BCUT2D eigenvalue weighted by molar-refractivity contribution is 0.0526. The Balaban J connectivity index is 2.06. The van der Waals surface area contributed by atoms with Crippen LogP contribution in [0.4, 0.5) is 17.3 Å². The maximum absolute atomic E-state index is 11.7. The molecule has 0 unspecified atom stereocenters. The average molecular weight is 328 g/mol. The van der Waals surface area contributed by atoms with Gasteiger partial charge in [-0.3, -0.25) is 0 Å². The van der Waals surface area contributed by atoms with Crippen LogP contribution < -0.4 is 10.6 Å². The molecule has 24 heavy (non-hydrogen) atoms. The van der Waals surface area contributed by atoms with Gasteiger partial charge in [-0.2, -0.15) is 0 Å². The van der Waals surface area contributed by atoms with Crippen LogP contribution in [0, 0.1) is 6.92 Å². The average Bonchev–Trinajstić information content (AvgIpc) is 2.55. The highest BCUT2D eigenvalue weighted by molar-refractivity contribution is 5.89. The summed E-state index contributed by atoms with van der Waals surface area (Å²) in [6.45, 7) is 7.06. The molecular formula is C18H24N4O2. The Morgan fingerprint density at radius 3 is 2.50 bits per heavy atom.